The summed E-state index contributed by atoms with van der Waals surface area (Å²) in [7, 11) is -3.46. The SMILES string of the molecule is Cc1cccc(N2CCN(S(=O)(=O)c3cc(-c4nc(C)c(C)s4)cs3)CC2)c1. The van der Waals surface area contributed by atoms with Crippen LogP contribution in [0.2, 0.25) is 0 Å². The average molecular weight is 434 g/mol. The Bertz CT molecular complexity index is 1070. The van der Waals surface area contributed by atoms with Gasteiger partial charge in [-0.3, -0.25) is 0 Å². The number of aromatic nitrogens is 1. The highest BCUT2D eigenvalue weighted by Crippen LogP contribution is 2.34. The topological polar surface area (TPSA) is 53.5 Å². The Hall–Kier alpha value is -1.74. The lowest BCUT2D eigenvalue weighted by atomic mass is 10.2. The quantitative estimate of drug-likeness (QED) is 0.615. The third kappa shape index (κ3) is 3.74. The van der Waals surface area contributed by atoms with E-state index < -0.39 is 10.0 Å². The Labute approximate surface area is 174 Å². The molecule has 0 aliphatic carbocycles. The van der Waals surface area contributed by atoms with Crippen LogP contribution in [-0.4, -0.2) is 43.9 Å². The second kappa shape index (κ2) is 7.59. The highest BCUT2D eigenvalue weighted by Gasteiger charge is 2.30. The van der Waals surface area contributed by atoms with Crippen molar-refractivity contribution in [2.75, 3.05) is 31.1 Å². The summed E-state index contributed by atoms with van der Waals surface area (Å²) in [5.74, 6) is 0. The molecule has 0 saturated carbocycles. The van der Waals surface area contributed by atoms with Crippen molar-refractivity contribution in [1.29, 1.82) is 0 Å². The van der Waals surface area contributed by atoms with Crippen LogP contribution in [0.5, 0.6) is 0 Å². The summed E-state index contributed by atoms with van der Waals surface area (Å²) in [6, 6.07) is 10.1. The first-order chi connectivity index (χ1) is 13.3. The number of rotatable bonds is 4. The first-order valence-electron chi connectivity index (χ1n) is 9.19. The van der Waals surface area contributed by atoms with Gasteiger partial charge in [-0.05, 0) is 44.5 Å². The van der Waals surface area contributed by atoms with Crippen molar-refractivity contribution >= 4 is 38.4 Å². The minimum Gasteiger partial charge on any atom is -0.369 e. The maximum atomic E-state index is 13.1. The standard InChI is InChI=1S/C20H23N3O2S3/c1-14-5-4-6-18(11-14)22-7-9-23(10-8-22)28(24,25)19-12-17(13-26-19)20-21-15(2)16(3)27-20/h4-6,11-13H,7-10H2,1-3H3. The van der Waals surface area contributed by atoms with Gasteiger partial charge < -0.3 is 4.90 Å². The molecule has 1 aromatic carbocycles. The minimum absolute atomic E-state index is 0.400. The summed E-state index contributed by atoms with van der Waals surface area (Å²) in [4.78, 5) is 7.96. The van der Waals surface area contributed by atoms with Crippen LogP contribution in [0.25, 0.3) is 10.6 Å². The van der Waals surface area contributed by atoms with Crippen LogP contribution >= 0.6 is 22.7 Å². The van der Waals surface area contributed by atoms with Crippen LogP contribution in [0.4, 0.5) is 5.69 Å². The molecule has 0 amide bonds. The smallest absolute Gasteiger partial charge is 0.252 e. The van der Waals surface area contributed by atoms with Crippen molar-refractivity contribution in [3.8, 4) is 10.6 Å². The molecule has 1 aliphatic rings. The fourth-order valence-corrected chi connectivity index (χ4v) is 7.01. The summed E-state index contributed by atoms with van der Waals surface area (Å²) >= 11 is 2.89. The highest BCUT2D eigenvalue weighted by atomic mass is 32.2. The van der Waals surface area contributed by atoms with E-state index in [0.29, 0.717) is 30.4 Å². The maximum absolute atomic E-state index is 13.1. The molecular weight excluding hydrogens is 410 g/mol. The number of nitrogens with zero attached hydrogens (tertiary/aromatic N) is 3. The predicted octanol–water partition coefficient (Wildman–Crippen LogP) is 4.31. The molecule has 5 nitrogen and oxygen atoms in total. The Morgan fingerprint density at radius 2 is 1.79 bits per heavy atom. The molecule has 0 radical (unpaired) electrons. The van der Waals surface area contributed by atoms with E-state index in [2.05, 4.69) is 35.0 Å². The Morgan fingerprint density at radius 3 is 2.43 bits per heavy atom. The number of aryl methyl sites for hydroxylation is 3. The van der Waals surface area contributed by atoms with E-state index >= 15 is 0 Å². The lowest BCUT2D eigenvalue weighted by Crippen LogP contribution is -2.48. The number of benzene rings is 1. The molecule has 0 atom stereocenters. The van der Waals surface area contributed by atoms with Crippen molar-refractivity contribution in [2.24, 2.45) is 0 Å². The minimum atomic E-state index is -3.46. The molecule has 148 valence electrons. The van der Waals surface area contributed by atoms with Gasteiger partial charge in [0, 0.05) is 47.7 Å². The van der Waals surface area contributed by atoms with Gasteiger partial charge in [0.2, 0.25) is 0 Å². The molecule has 1 aliphatic heterocycles. The first-order valence-corrected chi connectivity index (χ1v) is 12.3. The molecule has 0 spiro atoms. The van der Waals surface area contributed by atoms with E-state index in [1.165, 1.54) is 16.9 Å². The van der Waals surface area contributed by atoms with Gasteiger partial charge in [0.15, 0.2) is 0 Å². The molecule has 1 saturated heterocycles. The van der Waals surface area contributed by atoms with Crippen LogP contribution < -0.4 is 4.90 Å². The van der Waals surface area contributed by atoms with Gasteiger partial charge in [-0.15, -0.1) is 22.7 Å². The van der Waals surface area contributed by atoms with Crippen molar-refractivity contribution in [1.82, 2.24) is 9.29 Å². The predicted molar refractivity (Wildman–Crippen MR) is 117 cm³/mol. The van der Waals surface area contributed by atoms with Crippen LogP contribution in [0.1, 0.15) is 16.1 Å². The van der Waals surface area contributed by atoms with Crippen molar-refractivity contribution in [2.45, 2.75) is 25.0 Å². The Morgan fingerprint density at radius 1 is 1.04 bits per heavy atom. The maximum Gasteiger partial charge on any atom is 0.252 e. The largest absolute Gasteiger partial charge is 0.369 e. The number of hydrogen-bond donors (Lipinski definition) is 0. The van der Waals surface area contributed by atoms with E-state index in [-0.39, 0.29) is 0 Å². The summed E-state index contributed by atoms with van der Waals surface area (Å²) in [6.45, 7) is 8.49. The van der Waals surface area contributed by atoms with Gasteiger partial charge >= 0.3 is 0 Å². The molecule has 0 N–H and O–H groups in total. The van der Waals surface area contributed by atoms with E-state index in [4.69, 9.17) is 0 Å². The number of piperazine rings is 1. The number of hydrogen-bond acceptors (Lipinski definition) is 6. The van der Waals surface area contributed by atoms with Crippen LogP contribution in [0.3, 0.4) is 0 Å². The van der Waals surface area contributed by atoms with Crippen LogP contribution in [-0.2, 0) is 10.0 Å². The number of sulfonamides is 1. The number of anilines is 1. The number of thiazole rings is 1. The van der Waals surface area contributed by atoms with Gasteiger partial charge in [0.25, 0.3) is 10.0 Å². The summed E-state index contributed by atoms with van der Waals surface area (Å²) in [6.07, 6.45) is 0. The van der Waals surface area contributed by atoms with Gasteiger partial charge in [0.1, 0.15) is 9.22 Å². The van der Waals surface area contributed by atoms with E-state index in [0.717, 1.165) is 26.8 Å². The van der Waals surface area contributed by atoms with Gasteiger partial charge in [-0.2, -0.15) is 4.31 Å². The summed E-state index contributed by atoms with van der Waals surface area (Å²) in [5, 5.41) is 2.78. The summed E-state index contributed by atoms with van der Waals surface area (Å²) in [5.41, 5.74) is 4.27. The van der Waals surface area contributed by atoms with Crippen LogP contribution in [0.15, 0.2) is 39.9 Å². The molecule has 0 bridgehead atoms. The zero-order chi connectivity index (χ0) is 19.9. The van der Waals surface area contributed by atoms with Gasteiger partial charge in [-0.1, -0.05) is 12.1 Å². The van der Waals surface area contributed by atoms with Crippen molar-refractivity contribution in [3.05, 3.63) is 51.8 Å². The molecule has 1 fully saturated rings. The zero-order valence-corrected chi connectivity index (χ0v) is 18.6. The van der Waals surface area contributed by atoms with Crippen LogP contribution in [0, 0.1) is 20.8 Å². The molecule has 2 aromatic heterocycles. The monoisotopic (exact) mass is 433 g/mol. The van der Waals surface area contributed by atoms with Crippen molar-refractivity contribution in [3.63, 3.8) is 0 Å². The Balaban J connectivity index is 1.49. The zero-order valence-electron chi connectivity index (χ0n) is 16.2. The molecule has 3 aromatic rings. The fourth-order valence-electron chi connectivity index (χ4n) is 3.30. The molecule has 28 heavy (non-hydrogen) atoms. The van der Waals surface area contributed by atoms with Crippen molar-refractivity contribution < 1.29 is 8.42 Å². The molecule has 8 heteroatoms. The molecule has 0 unspecified atom stereocenters. The molecular formula is C20H23N3O2S3. The lowest BCUT2D eigenvalue weighted by Gasteiger charge is -2.35. The summed E-state index contributed by atoms with van der Waals surface area (Å²) < 4.78 is 28.2. The van der Waals surface area contributed by atoms with E-state index in [1.807, 2.05) is 25.3 Å². The molecule has 4 rings (SSSR count). The highest BCUT2D eigenvalue weighted by molar-refractivity contribution is 7.91. The van der Waals surface area contributed by atoms with E-state index in [1.54, 1.807) is 21.7 Å². The van der Waals surface area contributed by atoms with Gasteiger partial charge in [-0.25, -0.2) is 13.4 Å². The third-order valence-corrected chi connectivity index (χ3v) is 9.49. The normalized spacial score (nSPS) is 15.9. The third-order valence-electron chi connectivity index (χ3n) is 5.05. The average Bonchev–Trinajstić information content (AvgIpc) is 3.30. The second-order valence-corrected chi connectivity index (χ2v) is 11.3. The van der Waals surface area contributed by atoms with E-state index in [9.17, 15) is 8.42 Å². The number of thiophene rings is 1. The first kappa shape index (κ1) is 19.6. The molecule has 3 heterocycles. The lowest BCUT2D eigenvalue weighted by molar-refractivity contribution is 0.386. The second-order valence-electron chi connectivity index (χ2n) is 7.05. The Kier molecular flexibility index (Phi) is 5.30. The van der Waals surface area contributed by atoms with Gasteiger partial charge in [0.05, 0.1) is 5.69 Å². The fraction of sp³-hybridized carbons (Fsp3) is 0.350.